The fraction of sp³-hybridized carbons (Fsp3) is 0.778. The standard InChI is InChI=1S/C9H15NO3/c1-9(2)4-3-5-10(9)8(12)13-7-6-11/h6H,3-5,7H2,1-2H3. The Balaban J connectivity index is 2.51. The van der Waals surface area contributed by atoms with Gasteiger partial charge in [-0.15, -0.1) is 0 Å². The van der Waals surface area contributed by atoms with E-state index in [0.717, 1.165) is 19.4 Å². The highest BCUT2D eigenvalue weighted by molar-refractivity contribution is 5.71. The first-order valence-electron chi connectivity index (χ1n) is 4.46. The molecule has 0 atom stereocenters. The van der Waals surface area contributed by atoms with Crippen LogP contribution >= 0.6 is 0 Å². The van der Waals surface area contributed by atoms with E-state index < -0.39 is 0 Å². The van der Waals surface area contributed by atoms with Crippen LogP contribution in [0.4, 0.5) is 4.79 Å². The van der Waals surface area contributed by atoms with Crippen LogP contribution in [-0.4, -0.2) is 36.0 Å². The largest absolute Gasteiger partial charge is 0.442 e. The quantitative estimate of drug-likeness (QED) is 0.607. The first-order valence-corrected chi connectivity index (χ1v) is 4.46. The van der Waals surface area contributed by atoms with Crippen molar-refractivity contribution in [3.05, 3.63) is 0 Å². The second-order valence-electron chi connectivity index (χ2n) is 3.81. The number of aldehydes is 1. The lowest BCUT2D eigenvalue weighted by molar-refractivity contribution is -0.110. The predicted molar refractivity (Wildman–Crippen MR) is 47.4 cm³/mol. The van der Waals surface area contributed by atoms with E-state index in [0.29, 0.717) is 6.29 Å². The Morgan fingerprint density at radius 1 is 1.62 bits per heavy atom. The second-order valence-corrected chi connectivity index (χ2v) is 3.81. The van der Waals surface area contributed by atoms with Gasteiger partial charge in [0, 0.05) is 12.1 Å². The molecular formula is C9H15NO3. The van der Waals surface area contributed by atoms with E-state index in [1.165, 1.54) is 0 Å². The van der Waals surface area contributed by atoms with Crippen molar-refractivity contribution in [2.45, 2.75) is 32.2 Å². The predicted octanol–water partition coefficient (Wildman–Crippen LogP) is 1.20. The van der Waals surface area contributed by atoms with Gasteiger partial charge in [-0.3, -0.25) is 4.79 Å². The maximum atomic E-state index is 11.4. The summed E-state index contributed by atoms with van der Waals surface area (Å²) in [5.74, 6) is 0. The molecule has 0 aromatic heterocycles. The topological polar surface area (TPSA) is 46.6 Å². The van der Waals surface area contributed by atoms with Crippen molar-refractivity contribution in [2.24, 2.45) is 0 Å². The Morgan fingerprint density at radius 2 is 2.31 bits per heavy atom. The van der Waals surface area contributed by atoms with Crippen molar-refractivity contribution in [1.82, 2.24) is 4.90 Å². The third-order valence-electron chi connectivity index (χ3n) is 2.40. The highest BCUT2D eigenvalue weighted by Crippen LogP contribution is 2.28. The number of ether oxygens (including phenoxy) is 1. The number of amides is 1. The zero-order valence-electron chi connectivity index (χ0n) is 8.08. The van der Waals surface area contributed by atoms with E-state index in [-0.39, 0.29) is 18.2 Å². The molecule has 0 aromatic rings. The Morgan fingerprint density at radius 3 is 2.77 bits per heavy atom. The van der Waals surface area contributed by atoms with Gasteiger partial charge in [-0.25, -0.2) is 4.79 Å². The molecule has 0 aromatic carbocycles. The van der Waals surface area contributed by atoms with Crippen LogP contribution < -0.4 is 0 Å². The molecule has 4 heteroatoms. The smallest absolute Gasteiger partial charge is 0.410 e. The molecular weight excluding hydrogens is 170 g/mol. The molecule has 0 radical (unpaired) electrons. The van der Waals surface area contributed by atoms with Crippen LogP contribution in [-0.2, 0) is 9.53 Å². The molecule has 1 saturated heterocycles. The summed E-state index contributed by atoms with van der Waals surface area (Å²) in [7, 11) is 0. The van der Waals surface area contributed by atoms with E-state index in [4.69, 9.17) is 4.74 Å². The van der Waals surface area contributed by atoms with Gasteiger partial charge < -0.3 is 9.64 Å². The van der Waals surface area contributed by atoms with Crippen LogP contribution in [0.2, 0.25) is 0 Å². The van der Waals surface area contributed by atoms with E-state index in [1.54, 1.807) is 4.90 Å². The summed E-state index contributed by atoms with van der Waals surface area (Å²) in [5.41, 5.74) is -0.125. The molecule has 0 spiro atoms. The fourth-order valence-electron chi connectivity index (χ4n) is 1.63. The Bertz CT molecular complexity index is 213. The first-order chi connectivity index (χ1) is 6.08. The minimum absolute atomic E-state index is 0.125. The lowest BCUT2D eigenvalue weighted by Gasteiger charge is -2.30. The first kappa shape index (κ1) is 10.0. The molecule has 1 amide bonds. The Kier molecular flexibility index (Phi) is 2.90. The molecule has 0 unspecified atom stereocenters. The molecule has 13 heavy (non-hydrogen) atoms. The molecule has 1 aliphatic rings. The summed E-state index contributed by atoms with van der Waals surface area (Å²) in [6.45, 7) is 4.58. The van der Waals surface area contributed by atoms with Crippen molar-refractivity contribution in [1.29, 1.82) is 0 Å². The minimum Gasteiger partial charge on any atom is -0.442 e. The molecule has 1 rings (SSSR count). The SMILES string of the molecule is CC1(C)CCCN1C(=O)OCC=O. The summed E-state index contributed by atoms with van der Waals surface area (Å²) in [6, 6.07) is 0. The molecule has 0 N–H and O–H groups in total. The van der Waals surface area contributed by atoms with E-state index in [1.807, 2.05) is 13.8 Å². The molecule has 74 valence electrons. The number of hydrogen-bond donors (Lipinski definition) is 0. The van der Waals surface area contributed by atoms with Gasteiger partial charge in [-0.05, 0) is 26.7 Å². The van der Waals surface area contributed by atoms with Crippen molar-refractivity contribution in [3.63, 3.8) is 0 Å². The van der Waals surface area contributed by atoms with Gasteiger partial charge in [0.25, 0.3) is 0 Å². The molecule has 4 nitrogen and oxygen atoms in total. The van der Waals surface area contributed by atoms with Gasteiger partial charge >= 0.3 is 6.09 Å². The average molecular weight is 185 g/mol. The average Bonchev–Trinajstić information content (AvgIpc) is 2.41. The molecule has 0 aliphatic carbocycles. The zero-order valence-corrected chi connectivity index (χ0v) is 8.08. The summed E-state index contributed by atoms with van der Waals surface area (Å²) in [5, 5.41) is 0. The Labute approximate surface area is 77.8 Å². The van der Waals surface area contributed by atoms with Crippen LogP contribution in [0.25, 0.3) is 0 Å². The Hall–Kier alpha value is -1.06. The number of likely N-dealkylation sites (tertiary alicyclic amines) is 1. The second kappa shape index (κ2) is 3.77. The van der Waals surface area contributed by atoms with Crippen LogP contribution in [0.3, 0.4) is 0 Å². The number of rotatable bonds is 2. The molecule has 1 aliphatic heterocycles. The maximum absolute atomic E-state index is 11.4. The summed E-state index contributed by atoms with van der Waals surface area (Å²) in [6.07, 6.45) is 2.20. The third kappa shape index (κ3) is 2.20. The van der Waals surface area contributed by atoms with Gasteiger partial charge in [-0.1, -0.05) is 0 Å². The number of carbonyl (C=O) groups excluding carboxylic acids is 2. The van der Waals surface area contributed by atoms with E-state index in [9.17, 15) is 9.59 Å². The van der Waals surface area contributed by atoms with Crippen LogP contribution in [0, 0.1) is 0 Å². The monoisotopic (exact) mass is 185 g/mol. The van der Waals surface area contributed by atoms with Crippen molar-refractivity contribution < 1.29 is 14.3 Å². The minimum atomic E-state index is -0.380. The molecule has 1 fully saturated rings. The molecule has 0 saturated carbocycles. The summed E-state index contributed by atoms with van der Waals surface area (Å²) < 4.78 is 4.73. The van der Waals surface area contributed by atoms with Crippen LogP contribution in [0.15, 0.2) is 0 Å². The maximum Gasteiger partial charge on any atom is 0.410 e. The highest BCUT2D eigenvalue weighted by Gasteiger charge is 2.36. The fourth-order valence-corrected chi connectivity index (χ4v) is 1.63. The molecule has 1 heterocycles. The van der Waals surface area contributed by atoms with Crippen LogP contribution in [0.1, 0.15) is 26.7 Å². The van der Waals surface area contributed by atoms with Gasteiger partial charge in [0.15, 0.2) is 6.29 Å². The lowest BCUT2D eigenvalue weighted by atomic mass is 10.0. The summed E-state index contributed by atoms with van der Waals surface area (Å²) in [4.78, 5) is 23.0. The van der Waals surface area contributed by atoms with Crippen molar-refractivity contribution in [3.8, 4) is 0 Å². The molecule has 0 bridgehead atoms. The van der Waals surface area contributed by atoms with E-state index in [2.05, 4.69) is 0 Å². The van der Waals surface area contributed by atoms with Gasteiger partial charge in [0.2, 0.25) is 0 Å². The number of nitrogens with zero attached hydrogens (tertiary/aromatic N) is 1. The highest BCUT2D eigenvalue weighted by atomic mass is 16.6. The van der Waals surface area contributed by atoms with Gasteiger partial charge in [-0.2, -0.15) is 0 Å². The lowest BCUT2D eigenvalue weighted by Crippen LogP contribution is -2.43. The number of hydrogen-bond acceptors (Lipinski definition) is 3. The van der Waals surface area contributed by atoms with Gasteiger partial charge in [0.1, 0.15) is 6.61 Å². The van der Waals surface area contributed by atoms with E-state index >= 15 is 0 Å². The number of carbonyl (C=O) groups is 2. The summed E-state index contributed by atoms with van der Waals surface area (Å²) >= 11 is 0. The van der Waals surface area contributed by atoms with Gasteiger partial charge in [0.05, 0.1) is 0 Å². The third-order valence-corrected chi connectivity index (χ3v) is 2.40. The zero-order chi connectivity index (χ0) is 9.90. The van der Waals surface area contributed by atoms with Crippen LogP contribution in [0.5, 0.6) is 0 Å². The normalized spacial score (nSPS) is 20.0. The van der Waals surface area contributed by atoms with Crippen molar-refractivity contribution in [2.75, 3.05) is 13.2 Å². The van der Waals surface area contributed by atoms with Crippen molar-refractivity contribution >= 4 is 12.4 Å².